The number of carboxylic acid groups (broad SMARTS) is 1. The number of amides is 1. The van der Waals surface area contributed by atoms with Crippen LogP contribution in [0.15, 0.2) is 24.3 Å². The minimum atomic E-state index is -0.871. The van der Waals surface area contributed by atoms with Gasteiger partial charge in [0.2, 0.25) is 5.91 Å². The third-order valence-electron chi connectivity index (χ3n) is 2.42. The highest BCUT2D eigenvalue weighted by atomic mass is 19.1. The van der Waals surface area contributed by atoms with Crippen LogP contribution in [0.5, 0.6) is 0 Å². The maximum atomic E-state index is 12.9. The van der Waals surface area contributed by atoms with Gasteiger partial charge in [0.25, 0.3) is 0 Å². The van der Waals surface area contributed by atoms with E-state index in [1.54, 1.807) is 12.1 Å². The van der Waals surface area contributed by atoms with Gasteiger partial charge >= 0.3 is 5.97 Å². The van der Waals surface area contributed by atoms with Gasteiger partial charge in [-0.2, -0.15) is 0 Å². The Morgan fingerprint density at radius 3 is 2.72 bits per heavy atom. The van der Waals surface area contributed by atoms with Gasteiger partial charge in [0, 0.05) is 19.4 Å². The quantitative estimate of drug-likeness (QED) is 0.727. The molecule has 0 radical (unpaired) electrons. The van der Waals surface area contributed by atoms with Crippen molar-refractivity contribution in [3.63, 3.8) is 0 Å². The number of carbonyl (C=O) groups excluding carboxylic acids is 1. The lowest BCUT2D eigenvalue weighted by Crippen LogP contribution is -2.25. The Morgan fingerprint density at radius 1 is 1.28 bits per heavy atom. The van der Waals surface area contributed by atoms with Gasteiger partial charge in [0.05, 0.1) is 0 Å². The summed E-state index contributed by atoms with van der Waals surface area (Å²) in [6.45, 7) is 0.355. The fraction of sp³-hybridized carbons (Fsp3) is 0.385. The first-order valence-corrected chi connectivity index (χ1v) is 5.81. The molecule has 0 fully saturated rings. The molecule has 0 heterocycles. The molecular weight excluding hydrogens is 237 g/mol. The van der Waals surface area contributed by atoms with Crippen LogP contribution in [0.4, 0.5) is 4.39 Å². The van der Waals surface area contributed by atoms with E-state index in [4.69, 9.17) is 5.11 Å². The van der Waals surface area contributed by atoms with Crippen molar-refractivity contribution in [3.05, 3.63) is 35.6 Å². The Morgan fingerprint density at radius 2 is 2.06 bits per heavy atom. The Labute approximate surface area is 105 Å². The summed E-state index contributed by atoms with van der Waals surface area (Å²) in [7, 11) is 0. The molecule has 0 unspecified atom stereocenters. The molecular formula is C13H16FNO3. The average Bonchev–Trinajstić information content (AvgIpc) is 2.32. The average molecular weight is 253 g/mol. The summed E-state index contributed by atoms with van der Waals surface area (Å²) in [5.41, 5.74) is 0.774. The van der Waals surface area contributed by atoms with Crippen molar-refractivity contribution in [2.75, 3.05) is 6.54 Å². The summed E-state index contributed by atoms with van der Waals surface area (Å²) in [4.78, 5) is 21.6. The molecule has 0 atom stereocenters. The first kappa shape index (κ1) is 14.2. The van der Waals surface area contributed by atoms with Crippen LogP contribution in [-0.2, 0) is 16.0 Å². The lowest BCUT2D eigenvalue weighted by molar-refractivity contribution is -0.137. The Hall–Kier alpha value is -1.91. The largest absolute Gasteiger partial charge is 0.481 e. The van der Waals surface area contributed by atoms with Crippen LogP contribution in [0.25, 0.3) is 0 Å². The standard InChI is InChI=1S/C13H16FNO3/c14-11-4-1-3-10(9-11)6-7-12(16)15-8-2-5-13(17)18/h1,3-4,9H,2,5-8H2,(H,15,16)(H,17,18). The molecule has 18 heavy (non-hydrogen) atoms. The molecule has 0 aliphatic rings. The van der Waals surface area contributed by atoms with E-state index in [1.807, 2.05) is 0 Å². The Balaban J connectivity index is 2.19. The minimum Gasteiger partial charge on any atom is -0.481 e. The minimum absolute atomic E-state index is 0.0458. The number of hydrogen-bond acceptors (Lipinski definition) is 2. The lowest BCUT2D eigenvalue weighted by Gasteiger charge is -2.04. The van der Waals surface area contributed by atoms with Crippen molar-refractivity contribution < 1.29 is 19.1 Å². The normalized spacial score (nSPS) is 10.1. The number of rotatable bonds is 7. The summed E-state index contributed by atoms with van der Waals surface area (Å²) in [6.07, 6.45) is 1.21. The van der Waals surface area contributed by atoms with E-state index in [-0.39, 0.29) is 24.6 Å². The van der Waals surface area contributed by atoms with Crippen molar-refractivity contribution in [2.24, 2.45) is 0 Å². The van der Waals surface area contributed by atoms with Crippen molar-refractivity contribution in [1.82, 2.24) is 5.32 Å². The van der Waals surface area contributed by atoms with Crippen molar-refractivity contribution in [1.29, 1.82) is 0 Å². The van der Waals surface area contributed by atoms with Gasteiger partial charge < -0.3 is 10.4 Å². The summed E-state index contributed by atoms with van der Waals surface area (Å²) in [5, 5.41) is 11.0. The number of nitrogens with one attached hydrogen (secondary N) is 1. The van der Waals surface area contributed by atoms with Crippen LogP contribution in [-0.4, -0.2) is 23.5 Å². The smallest absolute Gasteiger partial charge is 0.303 e. The second kappa shape index (κ2) is 7.42. The van der Waals surface area contributed by atoms with Crippen molar-refractivity contribution in [3.8, 4) is 0 Å². The number of aliphatic carboxylic acids is 1. The molecule has 0 saturated heterocycles. The SMILES string of the molecule is O=C(O)CCCNC(=O)CCc1cccc(F)c1. The third-order valence-corrected chi connectivity index (χ3v) is 2.42. The zero-order valence-corrected chi connectivity index (χ0v) is 9.99. The summed E-state index contributed by atoms with van der Waals surface area (Å²) in [5.74, 6) is -1.33. The van der Waals surface area contributed by atoms with E-state index in [2.05, 4.69) is 5.32 Å². The van der Waals surface area contributed by atoms with Gasteiger partial charge in [-0.05, 0) is 30.5 Å². The van der Waals surface area contributed by atoms with Crippen LogP contribution in [0, 0.1) is 5.82 Å². The molecule has 1 aromatic carbocycles. The highest BCUT2D eigenvalue weighted by Crippen LogP contribution is 2.05. The maximum Gasteiger partial charge on any atom is 0.303 e. The van der Waals surface area contributed by atoms with Crippen molar-refractivity contribution >= 4 is 11.9 Å². The predicted molar refractivity (Wildman–Crippen MR) is 64.6 cm³/mol. The first-order valence-electron chi connectivity index (χ1n) is 5.81. The molecule has 4 nitrogen and oxygen atoms in total. The zero-order chi connectivity index (χ0) is 13.4. The van der Waals surface area contributed by atoms with E-state index in [9.17, 15) is 14.0 Å². The fourth-order valence-electron chi connectivity index (χ4n) is 1.51. The molecule has 1 aromatic rings. The molecule has 0 aliphatic carbocycles. The number of halogens is 1. The van der Waals surface area contributed by atoms with E-state index in [0.717, 1.165) is 5.56 Å². The number of aryl methyl sites for hydroxylation is 1. The molecule has 1 amide bonds. The van der Waals surface area contributed by atoms with E-state index in [1.165, 1.54) is 12.1 Å². The fourth-order valence-corrected chi connectivity index (χ4v) is 1.51. The van der Waals surface area contributed by atoms with Gasteiger partial charge in [0.15, 0.2) is 0 Å². The molecule has 0 saturated carbocycles. The van der Waals surface area contributed by atoms with E-state index >= 15 is 0 Å². The van der Waals surface area contributed by atoms with Crippen LogP contribution in [0.3, 0.4) is 0 Å². The molecule has 98 valence electrons. The highest BCUT2D eigenvalue weighted by molar-refractivity contribution is 5.76. The third kappa shape index (κ3) is 5.98. The molecule has 1 rings (SSSR count). The van der Waals surface area contributed by atoms with E-state index in [0.29, 0.717) is 19.4 Å². The van der Waals surface area contributed by atoms with Crippen LogP contribution >= 0.6 is 0 Å². The molecule has 0 aromatic heterocycles. The summed E-state index contributed by atoms with van der Waals surface area (Å²) in [6, 6.07) is 6.13. The van der Waals surface area contributed by atoms with E-state index < -0.39 is 5.97 Å². The monoisotopic (exact) mass is 253 g/mol. The number of hydrogen-bond donors (Lipinski definition) is 2. The van der Waals surface area contributed by atoms with Crippen LogP contribution in [0.2, 0.25) is 0 Å². The summed E-state index contributed by atoms with van der Waals surface area (Å²) >= 11 is 0. The van der Waals surface area contributed by atoms with Crippen molar-refractivity contribution in [2.45, 2.75) is 25.7 Å². The predicted octanol–water partition coefficient (Wildman–Crippen LogP) is 1.74. The molecule has 0 spiro atoms. The number of carboxylic acids is 1. The van der Waals surface area contributed by atoms with Gasteiger partial charge in [-0.1, -0.05) is 12.1 Å². The molecule has 2 N–H and O–H groups in total. The van der Waals surface area contributed by atoms with Gasteiger partial charge in [-0.15, -0.1) is 0 Å². The van der Waals surface area contributed by atoms with Crippen LogP contribution < -0.4 is 5.32 Å². The molecule has 0 bridgehead atoms. The molecule has 5 heteroatoms. The maximum absolute atomic E-state index is 12.9. The van der Waals surface area contributed by atoms with Gasteiger partial charge in [-0.3, -0.25) is 9.59 Å². The second-order valence-electron chi connectivity index (χ2n) is 3.98. The van der Waals surface area contributed by atoms with Gasteiger partial charge in [0.1, 0.15) is 5.82 Å². The first-order chi connectivity index (χ1) is 8.58. The Bertz CT molecular complexity index is 420. The summed E-state index contributed by atoms with van der Waals surface area (Å²) < 4.78 is 12.9. The lowest BCUT2D eigenvalue weighted by atomic mass is 10.1. The van der Waals surface area contributed by atoms with Gasteiger partial charge in [-0.25, -0.2) is 4.39 Å². The number of carbonyl (C=O) groups is 2. The molecule has 0 aliphatic heterocycles. The highest BCUT2D eigenvalue weighted by Gasteiger charge is 2.03. The topological polar surface area (TPSA) is 66.4 Å². The second-order valence-corrected chi connectivity index (χ2v) is 3.98. The van der Waals surface area contributed by atoms with Crippen LogP contribution in [0.1, 0.15) is 24.8 Å². The Kier molecular flexibility index (Phi) is 5.84. The number of benzene rings is 1. The zero-order valence-electron chi connectivity index (χ0n) is 9.99.